The quantitative estimate of drug-likeness (QED) is 0.444. The third kappa shape index (κ3) is 3.32. The van der Waals surface area contributed by atoms with Crippen molar-refractivity contribution in [3.05, 3.63) is 29.8 Å². The average Bonchev–Trinajstić information content (AvgIpc) is 2.15. The summed E-state index contributed by atoms with van der Waals surface area (Å²) in [7, 11) is 0. The molecule has 1 aromatic rings. The molecule has 0 aliphatic heterocycles. The molecular weight excluding hydrogens is 255 g/mol. The average molecular weight is 263 g/mol. The Morgan fingerprint density at radius 1 is 1.19 bits per heavy atom. The topological polar surface area (TPSA) is 77.8 Å². The zero-order valence-corrected chi connectivity index (χ0v) is 9.40. The van der Waals surface area contributed by atoms with Crippen molar-refractivity contribution in [1.29, 1.82) is 0 Å². The van der Waals surface area contributed by atoms with Gasteiger partial charge in [0.15, 0.2) is 10.6 Å². The zero-order chi connectivity index (χ0) is 12.3. The van der Waals surface area contributed by atoms with Crippen molar-refractivity contribution in [2.24, 2.45) is 0 Å². The Morgan fingerprint density at radius 3 is 2.12 bits per heavy atom. The lowest BCUT2D eigenvalue weighted by molar-refractivity contribution is -0.113. The molecule has 0 heterocycles. The maximum Gasteiger partial charge on any atom is 0.192 e. The molecule has 0 spiro atoms. The molecule has 0 atom stereocenters. The molecule has 0 saturated carbocycles. The van der Waals surface area contributed by atoms with E-state index in [1.807, 2.05) is 0 Å². The van der Waals surface area contributed by atoms with E-state index < -0.39 is 16.4 Å². The monoisotopic (exact) mass is 262 g/mol. The van der Waals surface area contributed by atoms with Gasteiger partial charge in [-0.3, -0.25) is 4.79 Å². The Morgan fingerprint density at radius 2 is 1.69 bits per heavy atom. The summed E-state index contributed by atoms with van der Waals surface area (Å²) in [6.45, 7) is 0. The lowest BCUT2D eigenvalue weighted by Crippen LogP contribution is -2.04. The number of halogens is 2. The first-order valence-electron chi connectivity index (χ1n) is 4.16. The van der Waals surface area contributed by atoms with E-state index in [0.717, 1.165) is 12.1 Å². The van der Waals surface area contributed by atoms with Gasteiger partial charge in [0.1, 0.15) is 17.3 Å². The fourth-order valence-corrected chi connectivity index (χ4v) is 1.15. The molecule has 0 amide bonds. The molecule has 0 bridgehead atoms. The number of carbonyl (C=O) groups is 1. The number of hydrogen-bond donors (Lipinski definition) is 3. The summed E-state index contributed by atoms with van der Waals surface area (Å²) >= 11 is 10.6. The van der Waals surface area contributed by atoms with Crippen LogP contribution in [0.2, 0.25) is 0 Å². The highest BCUT2D eigenvalue weighted by Crippen LogP contribution is 2.24. The highest BCUT2D eigenvalue weighted by atomic mass is 35.5. The molecule has 0 unspecified atom stereocenters. The van der Waals surface area contributed by atoms with Crippen LogP contribution in [0.25, 0.3) is 5.76 Å². The minimum atomic E-state index is -1.27. The second-order valence-electron chi connectivity index (χ2n) is 2.97. The third-order valence-corrected chi connectivity index (χ3v) is 2.12. The van der Waals surface area contributed by atoms with E-state index in [4.69, 9.17) is 33.4 Å². The van der Waals surface area contributed by atoms with Crippen molar-refractivity contribution in [3.8, 4) is 11.5 Å². The molecular formula is C10H8Cl2O4. The predicted octanol–water partition coefficient (Wildman–Crippen LogP) is 2.37. The van der Waals surface area contributed by atoms with Crippen molar-refractivity contribution in [1.82, 2.24) is 0 Å². The third-order valence-electron chi connectivity index (χ3n) is 1.69. The largest absolute Gasteiger partial charge is 0.508 e. The van der Waals surface area contributed by atoms with E-state index in [1.165, 1.54) is 12.1 Å². The molecule has 0 fully saturated rings. The number of hydrogen-bond acceptors (Lipinski definition) is 4. The number of allylic oxidation sites excluding steroid dienone is 1. The predicted molar refractivity (Wildman–Crippen MR) is 60.9 cm³/mol. The summed E-state index contributed by atoms with van der Waals surface area (Å²) in [4.78, 5) is 9.80. The Labute approximate surface area is 101 Å². The van der Waals surface area contributed by atoms with Gasteiger partial charge in [-0.15, -0.1) is 0 Å². The van der Waals surface area contributed by atoms with Crippen LogP contribution in [0, 0.1) is 0 Å². The van der Waals surface area contributed by atoms with Crippen LogP contribution in [0.4, 0.5) is 0 Å². The molecule has 3 N–H and O–H groups in total. The number of aliphatic hydroxyl groups excluding tert-OH is 1. The standard InChI is InChI=1S/C10H8Cl2O4/c11-10(12)9(16)4-8(15)5-1-6(13)3-7(14)2-5/h1-4,10,13-15H. The smallest absolute Gasteiger partial charge is 0.192 e. The van der Waals surface area contributed by atoms with Crippen molar-refractivity contribution in [2.75, 3.05) is 0 Å². The Balaban J connectivity index is 3.04. The van der Waals surface area contributed by atoms with Crippen LogP contribution in [-0.4, -0.2) is 25.9 Å². The lowest BCUT2D eigenvalue weighted by atomic mass is 10.1. The van der Waals surface area contributed by atoms with Crippen LogP contribution in [-0.2, 0) is 4.79 Å². The molecule has 0 radical (unpaired) electrons. The maximum absolute atomic E-state index is 11.1. The first-order valence-corrected chi connectivity index (χ1v) is 5.03. The summed E-state index contributed by atoms with van der Waals surface area (Å²) in [5, 5.41) is 27.8. The number of phenols is 2. The summed E-state index contributed by atoms with van der Waals surface area (Å²) in [6, 6.07) is 3.44. The van der Waals surface area contributed by atoms with Crippen molar-refractivity contribution >= 4 is 34.7 Å². The van der Waals surface area contributed by atoms with Crippen molar-refractivity contribution in [2.45, 2.75) is 4.84 Å². The molecule has 16 heavy (non-hydrogen) atoms. The molecule has 1 aromatic carbocycles. The number of benzene rings is 1. The van der Waals surface area contributed by atoms with Gasteiger partial charge in [0.25, 0.3) is 0 Å². The summed E-state index contributed by atoms with van der Waals surface area (Å²) in [6.07, 6.45) is 0.818. The lowest BCUT2D eigenvalue weighted by Gasteiger charge is -2.02. The van der Waals surface area contributed by atoms with Crippen molar-refractivity contribution < 1.29 is 20.1 Å². The molecule has 0 aromatic heterocycles. The van der Waals surface area contributed by atoms with Crippen molar-refractivity contribution in [3.63, 3.8) is 0 Å². The SMILES string of the molecule is O=C(C=C(O)c1cc(O)cc(O)c1)C(Cl)Cl. The normalized spacial score (nSPS) is 11.8. The zero-order valence-electron chi connectivity index (χ0n) is 7.89. The van der Waals surface area contributed by atoms with E-state index >= 15 is 0 Å². The molecule has 0 aliphatic rings. The second-order valence-corrected chi connectivity index (χ2v) is 4.07. The van der Waals surface area contributed by atoms with Crippen LogP contribution in [0.3, 0.4) is 0 Å². The van der Waals surface area contributed by atoms with Gasteiger partial charge in [-0.25, -0.2) is 0 Å². The van der Waals surface area contributed by atoms with Gasteiger partial charge in [-0.1, -0.05) is 23.2 Å². The number of phenolic OH excluding ortho intramolecular Hbond substituents is 2. The maximum atomic E-state index is 11.1. The molecule has 86 valence electrons. The first kappa shape index (κ1) is 12.7. The van der Waals surface area contributed by atoms with Crippen LogP contribution < -0.4 is 0 Å². The summed E-state index contributed by atoms with van der Waals surface area (Å²) in [5.74, 6) is -1.61. The Kier molecular flexibility index (Phi) is 4.04. The number of rotatable bonds is 3. The fraction of sp³-hybridized carbons (Fsp3) is 0.100. The minimum absolute atomic E-state index is 0.0832. The highest BCUT2D eigenvalue weighted by molar-refractivity contribution is 6.55. The van der Waals surface area contributed by atoms with Gasteiger partial charge in [0.2, 0.25) is 0 Å². The van der Waals surface area contributed by atoms with E-state index in [1.54, 1.807) is 0 Å². The van der Waals surface area contributed by atoms with E-state index in [9.17, 15) is 9.90 Å². The Hall–Kier alpha value is -1.39. The van der Waals surface area contributed by atoms with Crippen LogP contribution in [0.5, 0.6) is 11.5 Å². The van der Waals surface area contributed by atoms with Crippen LogP contribution in [0.15, 0.2) is 24.3 Å². The second kappa shape index (κ2) is 5.09. The number of aliphatic hydroxyl groups is 1. The van der Waals surface area contributed by atoms with Crippen LogP contribution in [0.1, 0.15) is 5.56 Å². The minimum Gasteiger partial charge on any atom is -0.508 e. The number of carbonyl (C=O) groups excluding carboxylic acids is 1. The number of aromatic hydroxyl groups is 2. The molecule has 6 heteroatoms. The number of alkyl halides is 2. The van der Waals surface area contributed by atoms with Gasteiger partial charge >= 0.3 is 0 Å². The van der Waals surface area contributed by atoms with Gasteiger partial charge < -0.3 is 15.3 Å². The first-order chi connectivity index (χ1) is 7.40. The van der Waals surface area contributed by atoms with Gasteiger partial charge in [0.05, 0.1) is 0 Å². The van der Waals surface area contributed by atoms with E-state index in [-0.39, 0.29) is 17.1 Å². The fourth-order valence-electron chi connectivity index (χ4n) is 1.02. The molecule has 4 nitrogen and oxygen atoms in total. The van der Waals surface area contributed by atoms with Gasteiger partial charge in [-0.2, -0.15) is 0 Å². The molecule has 0 saturated heterocycles. The number of ketones is 1. The van der Waals surface area contributed by atoms with E-state index in [2.05, 4.69) is 0 Å². The summed E-state index contributed by atoms with van der Waals surface area (Å²) in [5.41, 5.74) is 0.0832. The Bertz CT molecular complexity index is 420. The molecule has 0 aliphatic carbocycles. The summed E-state index contributed by atoms with van der Waals surface area (Å²) < 4.78 is 0. The van der Waals surface area contributed by atoms with E-state index in [0.29, 0.717) is 0 Å². The molecule has 1 rings (SSSR count). The van der Waals surface area contributed by atoms with Gasteiger partial charge in [0, 0.05) is 17.7 Å². The highest BCUT2D eigenvalue weighted by Gasteiger charge is 2.11. The van der Waals surface area contributed by atoms with Crippen LogP contribution >= 0.6 is 23.2 Å². The van der Waals surface area contributed by atoms with Gasteiger partial charge in [-0.05, 0) is 12.1 Å².